The molecule has 0 radical (unpaired) electrons. The Kier molecular flexibility index (Phi) is 3.12. The molecular formula is C14H10ClNO2S. The highest BCUT2D eigenvalue weighted by atomic mass is 35.5. The van der Waals surface area contributed by atoms with Crippen molar-refractivity contribution >= 4 is 34.8 Å². The van der Waals surface area contributed by atoms with Gasteiger partial charge >= 0.3 is 0 Å². The van der Waals surface area contributed by atoms with E-state index in [2.05, 4.69) is 0 Å². The number of imide groups is 1. The van der Waals surface area contributed by atoms with Crippen LogP contribution in [-0.4, -0.2) is 23.3 Å². The molecule has 3 rings (SSSR count). The van der Waals surface area contributed by atoms with Crippen molar-refractivity contribution in [1.82, 2.24) is 4.90 Å². The molecule has 1 aliphatic heterocycles. The summed E-state index contributed by atoms with van der Waals surface area (Å²) in [5, 5.41) is 2.25. The Labute approximate surface area is 119 Å². The van der Waals surface area contributed by atoms with Crippen LogP contribution in [0.4, 0.5) is 0 Å². The van der Waals surface area contributed by atoms with E-state index in [9.17, 15) is 9.59 Å². The van der Waals surface area contributed by atoms with Crippen LogP contribution in [0.5, 0.6) is 0 Å². The Balaban J connectivity index is 1.95. The number of thiophene rings is 1. The van der Waals surface area contributed by atoms with Gasteiger partial charge in [0, 0.05) is 17.8 Å². The van der Waals surface area contributed by atoms with E-state index in [-0.39, 0.29) is 11.8 Å². The number of carbonyl (C=O) groups excluding carboxylic acids is 2. The fourth-order valence-corrected chi connectivity index (χ4v) is 3.24. The van der Waals surface area contributed by atoms with Crippen molar-refractivity contribution in [2.45, 2.75) is 6.42 Å². The first-order valence-corrected chi connectivity index (χ1v) is 7.11. The lowest BCUT2D eigenvalue weighted by atomic mass is 10.1. The van der Waals surface area contributed by atoms with Crippen molar-refractivity contribution in [3.8, 4) is 0 Å². The van der Waals surface area contributed by atoms with Gasteiger partial charge in [0.2, 0.25) is 0 Å². The molecule has 2 aromatic rings. The second-order valence-corrected chi connectivity index (χ2v) is 5.66. The van der Waals surface area contributed by atoms with Crippen molar-refractivity contribution in [2.75, 3.05) is 6.54 Å². The van der Waals surface area contributed by atoms with Crippen LogP contribution in [0.3, 0.4) is 0 Å². The summed E-state index contributed by atoms with van der Waals surface area (Å²) < 4.78 is 0. The zero-order valence-electron chi connectivity index (χ0n) is 9.93. The van der Waals surface area contributed by atoms with Gasteiger partial charge in [0.15, 0.2) is 0 Å². The first kappa shape index (κ1) is 12.4. The molecule has 0 spiro atoms. The highest BCUT2D eigenvalue weighted by Crippen LogP contribution is 2.26. The van der Waals surface area contributed by atoms with Gasteiger partial charge < -0.3 is 0 Å². The minimum Gasteiger partial charge on any atom is -0.274 e. The molecule has 1 aliphatic rings. The van der Waals surface area contributed by atoms with Crippen LogP contribution in [0.1, 0.15) is 25.6 Å². The maximum absolute atomic E-state index is 12.4. The van der Waals surface area contributed by atoms with E-state index in [0.717, 1.165) is 11.3 Å². The van der Waals surface area contributed by atoms with E-state index in [1.165, 1.54) is 4.90 Å². The van der Waals surface area contributed by atoms with Crippen LogP contribution >= 0.6 is 22.9 Å². The molecule has 1 aromatic carbocycles. The number of fused-ring (bicyclic) bond motifs is 1. The minimum absolute atomic E-state index is 0.229. The van der Waals surface area contributed by atoms with Crippen LogP contribution in [0.25, 0.3) is 0 Å². The normalized spacial score (nSPS) is 14.4. The standard InChI is InChI=1S/C14H10ClNO2S/c15-11-4-2-1-3-9(11)13(17)16-7-5-12-10(14(16)18)6-8-19-12/h1-4,6,8H,5,7H2. The Morgan fingerprint density at radius 1 is 1.26 bits per heavy atom. The maximum Gasteiger partial charge on any atom is 0.262 e. The summed E-state index contributed by atoms with van der Waals surface area (Å²) in [5.74, 6) is -0.556. The van der Waals surface area contributed by atoms with E-state index in [1.807, 2.05) is 5.38 Å². The molecule has 0 bridgehead atoms. The summed E-state index contributed by atoms with van der Waals surface area (Å²) in [6.07, 6.45) is 0.717. The number of benzene rings is 1. The zero-order chi connectivity index (χ0) is 13.4. The molecular weight excluding hydrogens is 282 g/mol. The average Bonchev–Trinajstić information content (AvgIpc) is 2.88. The third-order valence-electron chi connectivity index (χ3n) is 3.13. The number of nitrogens with zero attached hydrogens (tertiary/aromatic N) is 1. The summed E-state index contributed by atoms with van der Waals surface area (Å²) >= 11 is 7.57. The molecule has 3 nitrogen and oxygen atoms in total. The van der Waals surface area contributed by atoms with Gasteiger partial charge in [-0.3, -0.25) is 14.5 Å². The second kappa shape index (κ2) is 4.79. The molecule has 0 N–H and O–H groups in total. The fraction of sp³-hybridized carbons (Fsp3) is 0.143. The lowest BCUT2D eigenvalue weighted by molar-refractivity contribution is 0.0606. The number of rotatable bonds is 1. The fourth-order valence-electron chi connectivity index (χ4n) is 2.16. The first-order valence-electron chi connectivity index (χ1n) is 5.85. The van der Waals surface area contributed by atoms with E-state index < -0.39 is 0 Å². The maximum atomic E-state index is 12.4. The Morgan fingerprint density at radius 3 is 2.84 bits per heavy atom. The van der Waals surface area contributed by atoms with Gasteiger partial charge in [-0.05, 0) is 23.6 Å². The largest absolute Gasteiger partial charge is 0.274 e. The Bertz CT molecular complexity index is 665. The summed E-state index contributed by atoms with van der Waals surface area (Å²) in [4.78, 5) is 27.0. The highest BCUT2D eigenvalue weighted by Gasteiger charge is 2.31. The summed E-state index contributed by atoms with van der Waals surface area (Å²) in [7, 11) is 0. The molecule has 0 saturated carbocycles. The van der Waals surface area contributed by atoms with Gasteiger partial charge in [-0.25, -0.2) is 0 Å². The van der Waals surface area contributed by atoms with Crippen LogP contribution < -0.4 is 0 Å². The molecule has 2 amide bonds. The summed E-state index contributed by atoms with van der Waals surface area (Å²) in [6, 6.07) is 8.56. The molecule has 0 atom stereocenters. The molecule has 0 fully saturated rings. The number of hydrogen-bond acceptors (Lipinski definition) is 3. The van der Waals surface area contributed by atoms with Crippen molar-refractivity contribution < 1.29 is 9.59 Å². The van der Waals surface area contributed by atoms with Crippen molar-refractivity contribution in [2.24, 2.45) is 0 Å². The molecule has 5 heteroatoms. The lowest BCUT2D eigenvalue weighted by Crippen LogP contribution is -2.41. The topological polar surface area (TPSA) is 37.4 Å². The first-order chi connectivity index (χ1) is 9.18. The number of hydrogen-bond donors (Lipinski definition) is 0. The van der Waals surface area contributed by atoms with Gasteiger partial charge in [-0.1, -0.05) is 23.7 Å². The molecule has 0 unspecified atom stereocenters. The Morgan fingerprint density at radius 2 is 2.05 bits per heavy atom. The molecule has 0 aliphatic carbocycles. The van der Waals surface area contributed by atoms with Crippen LogP contribution in [0, 0.1) is 0 Å². The number of amides is 2. The summed E-state index contributed by atoms with van der Waals surface area (Å²) in [5.41, 5.74) is 1.01. The van der Waals surface area contributed by atoms with Gasteiger partial charge in [0.05, 0.1) is 16.1 Å². The molecule has 2 heterocycles. The summed E-state index contributed by atoms with van der Waals surface area (Å²) in [6.45, 7) is 0.413. The second-order valence-electron chi connectivity index (χ2n) is 4.25. The predicted octanol–water partition coefficient (Wildman–Crippen LogP) is 3.24. The predicted molar refractivity (Wildman–Crippen MR) is 74.8 cm³/mol. The van der Waals surface area contributed by atoms with Crippen molar-refractivity contribution in [3.05, 3.63) is 56.7 Å². The number of carbonyl (C=O) groups is 2. The van der Waals surface area contributed by atoms with E-state index in [1.54, 1.807) is 41.7 Å². The average molecular weight is 292 g/mol. The molecule has 19 heavy (non-hydrogen) atoms. The molecule has 0 saturated heterocycles. The third kappa shape index (κ3) is 2.07. The van der Waals surface area contributed by atoms with E-state index in [4.69, 9.17) is 11.6 Å². The van der Waals surface area contributed by atoms with Crippen molar-refractivity contribution in [3.63, 3.8) is 0 Å². The smallest absolute Gasteiger partial charge is 0.262 e. The van der Waals surface area contributed by atoms with Crippen LogP contribution in [0.2, 0.25) is 5.02 Å². The van der Waals surface area contributed by atoms with Crippen LogP contribution in [0.15, 0.2) is 35.7 Å². The molecule has 96 valence electrons. The quantitative estimate of drug-likeness (QED) is 0.757. The monoisotopic (exact) mass is 291 g/mol. The van der Waals surface area contributed by atoms with Crippen molar-refractivity contribution in [1.29, 1.82) is 0 Å². The lowest BCUT2D eigenvalue weighted by Gasteiger charge is -2.25. The molecule has 1 aromatic heterocycles. The third-order valence-corrected chi connectivity index (χ3v) is 4.44. The zero-order valence-corrected chi connectivity index (χ0v) is 11.5. The van der Waals surface area contributed by atoms with Gasteiger partial charge in [0.1, 0.15) is 0 Å². The van der Waals surface area contributed by atoms with E-state index >= 15 is 0 Å². The Hall–Kier alpha value is -1.65. The van der Waals surface area contributed by atoms with Crippen LogP contribution in [-0.2, 0) is 6.42 Å². The van der Waals surface area contributed by atoms with E-state index in [0.29, 0.717) is 22.7 Å². The number of halogens is 1. The highest BCUT2D eigenvalue weighted by molar-refractivity contribution is 7.10. The van der Waals surface area contributed by atoms with Gasteiger partial charge in [-0.2, -0.15) is 0 Å². The SMILES string of the molecule is O=C(c1ccccc1Cl)N1CCc2sccc2C1=O. The minimum atomic E-state index is -0.326. The van der Waals surface area contributed by atoms with Gasteiger partial charge in [-0.15, -0.1) is 11.3 Å². The van der Waals surface area contributed by atoms with Gasteiger partial charge in [0.25, 0.3) is 11.8 Å².